The largest absolute Gasteiger partial charge is 0.507 e. The van der Waals surface area contributed by atoms with Crippen LogP contribution in [0.4, 0.5) is 0 Å². The SMILES string of the molecule is Oc1ccccc1-c1ccc(-c2cccc(C3(c4ccccn4)c4ccccc4-c4ccccc43)n2)[nH]1. The van der Waals surface area contributed by atoms with Crippen molar-refractivity contribution >= 4 is 0 Å². The summed E-state index contributed by atoms with van der Waals surface area (Å²) in [5, 5.41) is 10.3. The molecule has 0 fully saturated rings. The zero-order chi connectivity index (χ0) is 24.8. The molecule has 0 amide bonds. The summed E-state index contributed by atoms with van der Waals surface area (Å²) < 4.78 is 0. The lowest BCUT2D eigenvalue weighted by Crippen LogP contribution is -2.31. The van der Waals surface area contributed by atoms with Crippen LogP contribution in [-0.4, -0.2) is 20.1 Å². The third-order valence-corrected chi connectivity index (χ3v) is 7.29. The smallest absolute Gasteiger partial charge is 0.124 e. The number of phenols is 1. The first-order valence-corrected chi connectivity index (χ1v) is 12.3. The number of hydrogen-bond donors (Lipinski definition) is 2. The van der Waals surface area contributed by atoms with Gasteiger partial charge in [0.05, 0.1) is 22.8 Å². The van der Waals surface area contributed by atoms with Crippen LogP contribution in [0.25, 0.3) is 33.8 Å². The average Bonchev–Trinajstić information content (AvgIpc) is 3.56. The predicted octanol–water partition coefficient (Wildman–Crippen LogP) is 7.21. The lowest BCUT2D eigenvalue weighted by molar-refractivity contribution is 0.477. The number of hydrogen-bond acceptors (Lipinski definition) is 3. The summed E-state index contributed by atoms with van der Waals surface area (Å²) in [6.07, 6.45) is 1.86. The van der Waals surface area contributed by atoms with Gasteiger partial charge in [0.1, 0.15) is 11.2 Å². The molecule has 3 heterocycles. The number of H-pyrrole nitrogens is 1. The number of phenolic OH excluding ortho intramolecular Hbond substituents is 1. The van der Waals surface area contributed by atoms with E-state index in [1.54, 1.807) is 6.07 Å². The van der Waals surface area contributed by atoms with E-state index in [1.165, 1.54) is 22.3 Å². The van der Waals surface area contributed by atoms with Crippen molar-refractivity contribution in [3.05, 3.63) is 150 Å². The van der Waals surface area contributed by atoms with Gasteiger partial charge in [-0.2, -0.15) is 0 Å². The van der Waals surface area contributed by atoms with Crippen molar-refractivity contribution in [1.82, 2.24) is 15.0 Å². The maximum absolute atomic E-state index is 10.3. The fourth-order valence-electron chi connectivity index (χ4n) is 5.70. The molecule has 4 nitrogen and oxygen atoms in total. The van der Waals surface area contributed by atoms with E-state index >= 15 is 0 Å². The Hall–Kier alpha value is -4.96. The predicted molar refractivity (Wildman–Crippen MR) is 146 cm³/mol. The van der Waals surface area contributed by atoms with Crippen molar-refractivity contribution in [1.29, 1.82) is 0 Å². The van der Waals surface area contributed by atoms with E-state index in [0.29, 0.717) is 0 Å². The normalized spacial score (nSPS) is 13.2. The summed E-state index contributed by atoms with van der Waals surface area (Å²) in [6, 6.07) is 40.7. The number of nitrogens with one attached hydrogen (secondary N) is 1. The minimum absolute atomic E-state index is 0.242. The second-order valence-electron chi connectivity index (χ2n) is 9.27. The number of aromatic amines is 1. The number of pyridine rings is 2. The highest BCUT2D eigenvalue weighted by atomic mass is 16.3. The van der Waals surface area contributed by atoms with Crippen molar-refractivity contribution in [3.8, 4) is 39.5 Å². The van der Waals surface area contributed by atoms with Gasteiger partial charge in [0.2, 0.25) is 0 Å². The molecule has 1 aliphatic carbocycles. The highest BCUT2D eigenvalue weighted by molar-refractivity contribution is 5.85. The van der Waals surface area contributed by atoms with Gasteiger partial charge in [-0.05, 0) is 70.8 Å². The van der Waals surface area contributed by atoms with Crippen LogP contribution in [0, 0.1) is 0 Å². The van der Waals surface area contributed by atoms with Crippen molar-refractivity contribution < 1.29 is 5.11 Å². The van der Waals surface area contributed by atoms with Gasteiger partial charge in [-0.1, -0.05) is 72.8 Å². The highest BCUT2D eigenvalue weighted by Crippen LogP contribution is 2.55. The maximum Gasteiger partial charge on any atom is 0.124 e. The maximum atomic E-state index is 10.3. The van der Waals surface area contributed by atoms with Crippen molar-refractivity contribution in [2.24, 2.45) is 0 Å². The third-order valence-electron chi connectivity index (χ3n) is 7.29. The van der Waals surface area contributed by atoms with Crippen LogP contribution >= 0.6 is 0 Å². The molecule has 0 aliphatic heterocycles. The lowest BCUT2D eigenvalue weighted by atomic mass is 9.72. The summed E-state index contributed by atoms with van der Waals surface area (Å²) in [4.78, 5) is 13.6. The Morgan fingerprint density at radius 1 is 0.541 bits per heavy atom. The Morgan fingerprint density at radius 2 is 1.16 bits per heavy atom. The molecule has 37 heavy (non-hydrogen) atoms. The first-order chi connectivity index (χ1) is 18.3. The van der Waals surface area contributed by atoms with Crippen molar-refractivity contribution in [3.63, 3.8) is 0 Å². The Kier molecular flexibility index (Phi) is 4.79. The minimum Gasteiger partial charge on any atom is -0.507 e. The van der Waals surface area contributed by atoms with Gasteiger partial charge in [0, 0.05) is 17.5 Å². The van der Waals surface area contributed by atoms with Crippen molar-refractivity contribution in [2.75, 3.05) is 0 Å². The van der Waals surface area contributed by atoms with Gasteiger partial charge in [-0.25, -0.2) is 4.98 Å². The summed E-state index contributed by atoms with van der Waals surface area (Å²) in [6.45, 7) is 0. The molecule has 3 aromatic heterocycles. The molecule has 176 valence electrons. The van der Waals surface area contributed by atoms with E-state index in [4.69, 9.17) is 9.97 Å². The van der Waals surface area contributed by atoms with E-state index in [1.807, 2.05) is 54.7 Å². The lowest BCUT2D eigenvalue weighted by Gasteiger charge is -2.31. The van der Waals surface area contributed by atoms with Crippen molar-refractivity contribution in [2.45, 2.75) is 5.41 Å². The van der Waals surface area contributed by atoms with Gasteiger partial charge in [0.25, 0.3) is 0 Å². The molecule has 0 bridgehead atoms. The van der Waals surface area contributed by atoms with Gasteiger partial charge in [-0.15, -0.1) is 0 Å². The van der Waals surface area contributed by atoms with Crippen LogP contribution in [0.3, 0.4) is 0 Å². The molecule has 1 aliphatic rings. The van der Waals surface area contributed by atoms with Gasteiger partial charge in [0.15, 0.2) is 0 Å². The second-order valence-corrected chi connectivity index (χ2v) is 9.27. The summed E-state index contributed by atoms with van der Waals surface area (Å²) in [5.74, 6) is 0.242. The average molecular weight is 478 g/mol. The van der Waals surface area contributed by atoms with E-state index in [0.717, 1.165) is 34.0 Å². The molecular formula is C33H23N3O. The van der Waals surface area contributed by atoms with Crippen LogP contribution in [-0.2, 0) is 5.41 Å². The molecule has 0 unspecified atom stereocenters. The third kappa shape index (κ3) is 3.16. The van der Waals surface area contributed by atoms with E-state index in [2.05, 4.69) is 71.7 Å². The quantitative estimate of drug-likeness (QED) is 0.282. The van der Waals surface area contributed by atoms with Gasteiger partial charge in [-0.3, -0.25) is 4.98 Å². The Labute approximate surface area is 215 Å². The first-order valence-electron chi connectivity index (χ1n) is 12.3. The molecule has 7 rings (SSSR count). The van der Waals surface area contributed by atoms with Gasteiger partial charge < -0.3 is 10.1 Å². The van der Waals surface area contributed by atoms with E-state index in [9.17, 15) is 5.11 Å². The first kappa shape index (κ1) is 21.3. The molecule has 3 aromatic carbocycles. The van der Waals surface area contributed by atoms with Crippen LogP contribution in [0.2, 0.25) is 0 Å². The van der Waals surface area contributed by atoms with Crippen LogP contribution in [0.1, 0.15) is 22.5 Å². The zero-order valence-corrected chi connectivity index (χ0v) is 20.0. The summed E-state index contributed by atoms with van der Waals surface area (Å²) in [7, 11) is 0. The number of aromatic hydroxyl groups is 1. The summed E-state index contributed by atoms with van der Waals surface area (Å²) >= 11 is 0. The van der Waals surface area contributed by atoms with Gasteiger partial charge >= 0.3 is 0 Å². The number of nitrogens with zero attached hydrogens (tertiary/aromatic N) is 2. The fourth-order valence-corrected chi connectivity index (χ4v) is 5.70. The fraction of sp³-hybridized carbons (Fsp3) is 0.0303. The molecule has 6 aromatic rings. The molecule has 2 N–H and O–H groups in total. The number of fused-ring (bicyclic) bond motifs is 3. The Morgan fingerprint density at radius 3 is 1.86 bits per heavy atom. The molecule has 0 radical (unpaired) electrons. The summed E-state index contributed by atoms with van der Waals surface area (Å²) in [5.41, 5.74) is 9.31. The Balaban J connectivity index is 1.46. The molecular weight excluding hydrogens is 454 g/mol. The minimum atomic E-state index is -0.641. The number of rotatable bonds is 4. The second kappa shape index (κ2) is 8.32. The van der Waals surface area contributed by atoms with E-state index < -0.39 is 5.41 Å². The molecule has 4 heteroatoms. The monoisotopic (exact) mass is 477 g/mol. The standard InChI is InChI=1S/C33H23N3O/c37-30-16-6-3-12-24(30)27-19-20-29(35-27)28-15-9-18-32(36-28)33(31-17-7-8-21-34-31)25-13-4-1-10-22(25)23-11-2-5-14-26(23)33/h1-21,35,37H. The number of para-hydroxylation sites is 1. The molecule has 0 atom stereocenters. The highest BCUT2D eigenvalue weighted by Gasteiger charge is 2.48. The van der Waals surface area contributed by atoms with Crippen LogP contribution < -0.4 is 0 Å². The number of aromatic nitrogens is 3. The Bertz CT molecular complexity index is 1710. The topological polar surface area (TPSA) is 61.8 Å². The van der Waals surface area contributed by atoms with E-state index in [-0.39, 0.29) is 5.75 Å². The zero-order valence-electron chi connectivity index (χ0n) is 20.0. The number of benzene rings is 3. The van der Waals surface area contributed by atoms with Crippen LogP contribution in [0.15, 0.2) is 128 Å². The van der Waals surface area contributed by atoms with Crippen LogP contribution in [0.5, 0.6) is 5.75 Å². The molecule has 0 saturated heterocycles. The molecule has 0 saturated carbocycles. The molecule has 0 spiro atoms.